The first kappa shape index (κ1) is 16.2. The molecular weight excluding hydrogens is 328 g/mol. The van der Waals surface area contributed by atoms with Crippen molar-refractivity contribution < 1.29 is 0 Å². The van der Waals surface area contributed by atoms with Gasteiger partial charge in [-0.05, 0) is 37.6 Å². The van der Waals surface area contributed by atoms with Gasteiger partial charge in [-0.15, -0.1) is 0 Å². The second kappa shape index (κ2) is 7.29. The van der Waals surface area contributed by atoms with E-state index in [9.17, 15) is 0 Å². The summed E-state index contributed by atoms with van der Waals surface area (Å²) in [5, 5.41) is 18.9. The molecule has 0 aliphatic carbocycles. The standard InChI is InChI=1S/C18H18N8/c19-8-14-3-4-15(11-21-14)24-18-20-6-5-16(25-18)17-2-1-7-26(17)12-13-9-22-23-10-13/h3-6,9-11,17H,1-2,7,12H2,(H,22,23)(H,20,24,25)/t17-/m0/s1. The van der Waals surface area contributed by atoms with Crippen molar-refractivity contribution in [3.8, 4) is 6.07 Å². The largest absolute Gasteiger partial charge is 0.323 e. The lowest BCUT2D eigenvalue weighted by molar-refractivity contribution is 0.244. The van der Waals surface area contributed by atoms with E-state index in [2.05, 4.69) is 30.4 Å². The van der Waals surface area contributed by atoms with Crippen LogP contribution >= 0.6 is 0 Å². The summed E-state index contributed by atoms with van der Waals surface area (Å²) >= 11 is 0. The van der Waals surface area contributed by atoms with Gasteiger partial charge < -0.3 is 5.32 Å². The topological polar surface area (TPSA) is 106 Å². The van der Waals surface area contributed by atoms with Crippen molar-refractivity contribution in [1.29, 1.82) is 5.26 Å². The predicted octanol–water partition coefficient (Wildman–Crippen LogP) is 2.55. The van der Waals surface area contributed by atoms with Crippen molar-refractivity contribution in [3.63, 3.8) is 0 Å². The molecule has 0 bridgehead atoms. The average molecular weight is 346 g/mol. The van der Waals surface area contributed by atoms with Crippen LogP contribution in [0.15, 0.2) is 43.0 Å². The summed E-state index contributed by atoms with van der Waals surface area (Å²) in [5.41, 5.74) is 3.31. The van der Waals surface area contributed by atoms with Crippen LogP contribution in [0, 0.1) is 11.3 Å². The van der Waals surface area contributed by atoms with E-state index in [1.165, 1.54) is 5.56 Å². The van der Waals surface area contributed by atoms with Crippen molar-refractivity contribution in [3.05, 3.63) is 59.9 Å². The number of nitriles is 1. The smallest absolute Gasteiger partial charge is 0.227 e. The maximum absolute atomic E-state index is 8.82. The van der Waals surface area contributed by atoms with Gasteiger partial charge in [0.15, 0.2) is 0 Å². The van der Waals surface area contributed by atoms with Crippen LogP contribution in [0.2, 0.25) is 0 Å². The van der Waals surface area contributed by atoms with Gasteiger partial charge in [0, 0.05) is 24.5 Å². The van der Waals surface area contributed by atoms with Crippen LogP contribution in [-0.4, -0.2) is 36.6 Å². The minimum Gasteiger partial charge on any atom is -0.323 e. The summed E-state index contributed by atoms with van der Waals surface area (Å²) in [6.07, 6.45) is 9.40. The first-order chi connectivity index (χ1) is 12.8. The van der Waals surface area contributed by atoms with Crippen molar-refractivity contribution in [1.82, 2.24) is 30.0 Å². The molecule has 3 aromatic rings. The second-order valence-corrected chi connectivity index (χ2v) is 6.21. The zero-order valence-corrected chi connectivity index (χ0v) is 14.1. The van der Waals surface area contributed by atoms with Crippen molar-refractivity contribution >= 4 is 11.6 Å². The molecule has 1 atom stereocenters. The lowest BCUT2D eigenvalue weighted by Crippen LogP contribution is -2.23. The van der Waals surface area contributed by atoms with Gasteiger partial charge in [0.25, 0.3) is 0 Å². The van der Waals surface area contributed by atoms with Crippen LogP contribution in [0.5, 0.6) is 0 Å². The van der Waals surface area contributed by atoms with Crippen molar-refractivity contribution in [2.24, 2.45) is 0 Å². The summed E-state index contributed by atoms with van der Waals surface area (Å²) in [4.78, 5) is 15.5. The number of hydrogen-bond acceptors (Lipinski definition) is 7. The summed E-state index contributed by atoms with van der Waals surface area (Å²) in [6.45, 7) is 1.90. The summed E-state index contributed by atoms with van der Waals surface area (Å²) < 4.78 is 0. The number of nitrogens with one attached hydrogen (secondary N) is 2. The fourth-order valence-electron chi connectivity index (χ4n) is 3.23. The van der Waals surface area contributed by atoms with E-state index in [1.807, 2.05) is 24.5 Å². The molecule has 130 valence electrons. The molecule has 26 heavy (non-hydrogen) atoms. The van der Waals surface area contributed by atoms with Gasteiger partial charge in [-0.3, -0.25) is 10.00 Å². The molecular formula is C18H18N8. The Hall–Kier alpha value is -3.31. The molecule has 0 saturated carbocycles. The molecule has 4 heterocycles. The van der Waals surface area contributed by atoms with Gasteiger partial charge >= 0.3 is 0 Å². The highest BCUT2D eigenvalue weighted by atomic mass is 15.2. The number of likely N-dealkylation sites (tertiary alicyclic amines) is 1. The van der Waals surface area contributed by atoms with Gasteiger partial charge in [0.05, 0.1) is 29.8 Å². The van der Waals surface area contributed by atoms with Crippen LogP contribution in [0.25, 0.3) is 0 Å². The number of pyridine rings is 1. The van der Waals surface area contributed by atoms with Gasteiger partial charge in [0.1, 0.15) is 11.8 Å². The fraction of sp³-hybridized carbons (Fsp3) is 0.278. The number of H-pyrrole nitrogens is 1. The minimum atomic E-state index is 0.271. The van der Waals surface area contributed by atoms with Crippen LogP contribution in [0.3, 0.4) is 0 Å². The molecule has 8 nitrogen and oxygen atoms in total. The molecule has 4 rings (SSSR count). The third-order valence-electron chi connectivity index (χ3n) is 4.46. The van der Waals surface area contributed by atoms with E-state index < -0.39 is 0 Å². The number of aromatic nitrogens is 5. The average Bonchev–Trinajstić information content (AvgIpc) is 3.35. The molecule has 1 aliphatic rings. The Morgan fingerprint density at radius 2 is 2.23 bits per heavy atom. The van der Waals surface area contributed by atoms with Gasteiger partial charge in [-0.1, -0.05) is 0 Å². The number of anilines is 2. The highest BCUT2D eigenvalue weighted by Gasteiger charge is 2.27. The number of aromatic amines is 1. The SMILES string of the molecule is N#Cc1ccc(Nc2nccc([C@@H]3CCCN3Cc3cn[nH]c3)n2)cn1. The lowest BCUT2D eigenvalue weighted by Gasteiger charge is -2.23. The Morgan fingerprint density at radius 3 is 3.00 bits per heavy atom. The quantitative estimate of drug-likeness (QED) is 0.731. The lowest BCUT2D eigenvalue weighted by atomic mass is 10.1. The van der Waals surface area contributed by atoms with Crippen LogP contribution in [-0.2, 0) is 6.54 Å². The molecule has 2 N–H and O–H groups in total. The molecule has 8 heteroatoms. The second-order valence-electron chi connectivity index (χ2n) is 6.21. The molecule has 3 aromatic heterocycles. The molecule has 1 fully saturated rings. The van der Waals surface area contributed by atoms with E-state index in [4.69, 9.17) is 10.2 Å². The highest BCUT2D eigenvalue weighted by Crippen LogP contribution is 2.32. The first-order valence-corrected chi connectivity index (χ1v) is 8.49. The Kier molecular flexibility index (Phi) is 4.53. The Morgan fingerprint density at radius 1 is 1.27 bits per heavy atom. The van der Waals surface area contributed by atoms with Crippen LogP contribution in [0.4, 0.5) is 11.6 Å². The summed E-state index contributed by atoms with van der Waals surface area (Å²) in [7, 11) is 0. The Labute approximate surface area is 150 Å². The number of hydrogen-bond donors (Lipinski definition) is 2. The first-order valence-electron chi connectivity index (χ1n) is 8.49. The highest BCUT2D eigenvalue weighted by molar-refractivity contribution is 5.52. The Bertz CT molecular complexity index is 898. The number of nitrogens with zero attached hydrogens (tertiary/aromatic N) is 6. The molecule has 0 spiro atoms. The predicted molar refractivity (Wildman–Crippen MR) is 95.2 cm³/mol. The summed E-state index contributed by atoms with van der Waals surface area (Å²) in [5.74, 6) is 0.532. The fourth-order valence-corrected chi connectivity index (χ4v) is 3.23. The Balaban J connectivity index is 1.50. The molecule has 0 unspecified atom stereocenters. The monoisotopic (exact) mass is 346 g/mol. The van der Waals surface area contributed by atoms with E-state index in [0.717, 1.165) is 37.3 Å². The molecule has 0 aromatic carbocycles. The molecule has 0 radical (unpaired) electrons. The van der Waals surface area contributed by atoms with Crippen LogP contribution in [0.1, 0.15) is 35.8 Å². The zero-order chi connectivity index (χ0) is 17.8. The third kappa shape index (κ3) is 3.53. The molecule has 1 saturated heterocycles. The third-order valence-corrected chi connectivity index (χ3v) is 4.46. The van der Waals surface area contributed by atoms with Crippen molar-refractivity contribution in [2.75, 3.05) is 11.9 Å². The van der Waals surface area contributed by atoms with Crippen LogP contribution < -0.4 is 5.32 Å². The van der Waals surface area contributed by atoms with Gasteiger partial charge in [-0.25, -0.2) is 15.0 Å². The van der Waals surface area contributed by atoms with Gasteiger partial charge in [-0.2, -0.15) is 10.4 Å². The van der Waals surface area contributed by atoms with E-state index in [-0.39, 0.29) is 6.04 Å². The van der Waals surface area contributed by atoms with E-state index in [1.54, 1.807) is 24.5 Å². The zero-order valence-electron chi connectivity index (χ0n) is 14.1. The minimum absolute atomic E-state index is 0.271. The van der Waals surface area contributed by atoms with Gasteiger partial charge in [0.2, 0.25) is 5.95 Å². The van der Waals surface area contributed by atoms with Crippen molar-refractivity contribution in [2.45, 2.75) is 25.4 Å². The number of rotatable bonds is 5. The van der Waals surface area contributed by atoms with E-state index in [0.29, 0.717) is 11.6 Å². The maximum atomic E-state index is 8.82. The molecule has 1 aliphatic heterocycles. The molecule has 0 amide bonds. The maximum Gasteiger partial charge on any atom is 0.227 e. The summed E-state index contributed by atoms with van der Waals surface area (Å²) in [6, 6.07) is 7.70. The normalized spacial score (nSPS) is 17.1. The van der Waals surface area contributed by atoms with E-state index >= 15 is 0 Å².